The Bertz CT molecular complexity index is 1460. The van der Waals surface area contributed by atoms with Gasteiger partial charge in [0.1, 0.15) is 18.6 Å². The number of benzene rings is 1. The molecule has 4 aliphatic rings. The predicted molar refractivity (Wildman–Crippen MR) is 133 cm³/mol. The van der Waals surface area contributed by atoms with Crippen LogP contribution in [-0.4, -0.2) is 72.7 Å². The third-order valence-electron chi connectivity index (χ3n) is 8.61. The number of aromatic nitrogens is 3. The molecule has 8 nitrogen and oxygen atoms in total. The van der Waals surface area contributed by atoms with Crippen molar-refractivity contribution in [3.63, 3.8) is 0 Å². The predicted octanol–water partition coefficient (Wildman–Crippen LogP) is 4.72. The molecular formula is C26H27F4N6O2+. The summed E-state index contributed by atoms with van der Waals surface area (Å²) in [5, 5.41) is 7.82. The Balaban J connectivity index is 1.26. The van der Waals surface area contributed by atoms with E-state index in [2.05, 4.69) is 20.4 Å². The van der Waals surface area contributed by atoms with Crippen molar-refractivity contribution in [2.75, 3.05) is 38.7 Å². The first-order chi connectivity index (χ1) is 18.3. The van der Waals surface area contributed by atoms with E-state index in [1.54, 1.807) is 6.07 Å². The second kappa shape index (κ2) is 8.37. The lowest BCUT2D eigenvalue weighted by molar-refractivity contribution is -0.131. The molecule has 0 radical (unpaired) electrons. The minimum Gasteiger partial charge on any atom is -0.479 e. The van der Waals surface area contributed by atoms with E-state index < -0.39 is 24.6 Å². The van der Waals surface area contributed by atoms with Crippen molar-refractivity contribution >= 4 is 29.1 Å². The molecule has 2 unspecified atom stereocenters. The van der Waals surface area contributed by atoms with Crippen LogP contribution >= 0.6 is 0 Å². The molecule has 1 saturated carbocycles. The number of alkyl halides is 2. The van der Waals surface area contributed by atoms with Crippen molar-refractivity contribution in [1.29, 1.82) is 0 Å². The average molecular weight is 532 g/mol. The second-order valence-corrected chi connectivity index (χ2v) is 11.0. The number of methoxy groups -OCH3 is 1. The van der Waals surface area contributed by atoms with Crippen molar-refractivity contribution in [2.45, 2.75) is 44.2 Å². The molecule has 2 aromatic heterocycles. The minimum absolute atomic E-state index is 0.0181. The van der Waals surface area contributed by atoms with Crippen LogP contribution in [0.1, 0.15) is 25.7 Å². The molecule has 3 aromatic rings. The Hall–Kier alpha value is -3.25. The Morgan fingerprint density at radius 3 is 2.68 bits per heavy atom. The number of fused-ring (bicyclic) bond motifs is 4. The molecule has 2 saturated heterocycles. The number of quaternary nitrogens is 1. The summed E-state index contributed by atoms with van der Waals surface area (Å²) in [5.41, 5.74) is 1.12. The van der Waals surface area contributed by atoms with Crippen molar-refractivity contribution in [3.8, 4) is 17.0 Å². The Kier molecular flexibility index (Phi) is 5.25. The number of hydrogen-bond acceptors (Lipinski definition) is 6. The Labute approximate surface area is 215 Å². The molecular weight excluding hydrogens is 504 g/mol. The number of nitrogens with one attached hydrogen (secondary N) is 1. The fourth-order valence-corrected chi connectivity index (χ4v) is 6.39. The van der Waals surface area contributed by atoms with E-state index in [4.69, 9.17) is 9.47 Å². The van der Waals surface area contributed by atoms with Gasteiger partial charge in [-0.2, -0.15) is 4.98 Å². The van der Waals surface area contributed by atoms with Gasteiger partial charge in [0.15, 0.2) is 29.1 Å². The maximum atomic E-state index is 15.5. The zero-order chi connectivity index (χ0) is 26.2. The van der Waals surface area contributed by atoms with Crippen LogP contribution in [0.15, 0.2) is 23.3 Å². The lowest BCUT2D eigenvalue weighted by Crippen LogP contribution is -2.47. The van der Waals surface area contributed by atoms with Gasteiger partial charge in [0.2, 0.25) is 11.8 Å². The van der Waals surface area contributed by atoms with Gasteiger partial charge in [-0.25, -0.2) is 27.1 Å². The molecule has 0 amide bonds. The van der Waals surface area contributed by atoms with Gasteiger partial charge in [-0.15, -0.1) is 5.10 Å². The Morgan fingerprint density at radius 2 is 2.00 bits per heavy atom. The van der Waals surface area contributed by atoms with Gasteiger partial charge in [-0.1, -0.05) is 0 Å². The van der Waals surface area contributed by atoms with Gasteiger partial charge >= 0.3 is 0 Å². The number of rotatable bonds is 6. The van der Waals surface area contributed by atoms with E-state index >= 15 is 8.78 Å². The van der Waals surface area contributed by atoms with Crippen LogP contribution in [0.25, 0.3) is 16.6 Å². The lowest BCUT2D eigenvalue weighted by Gasteiger charge is -2.46. The summed E-state index contributed by atoms with van der Waals surface area (Å²) < 4.78 is 69.7. The first-order valence-corrected chi connectivity index (χ1v) is 12.8. The fraction of sp³-hybridized carbons (Fsp3) is 0.500. The first-order valence-electron chi connectivity index (χ1n) is 12.8. The lowest BCUT2D eigenvalue weighted by atomic mass is 9.71. The standard InChI is InChI=1S/C26H27F4N6O2/c1-37-24-23-21(14-6-17(27)22-19(7-14)36(11-20(29)30)10-16(36)8-31-22)18(28)9-35(23)34-25(33-24)32-15-2-4-26(5-3-15)12-38-13-26/h6-9,15-16,20H,2-5,10-13H2,1H3,(H,32,34)/q+1. The SMILES string of the molecule is COc1nc(NC2CCC3(CC2)COC3)nn2cc(F)c(-c3cc(F)c4c(c3)[N+]3(CC(F)F)CC3C=N4)c12. The molecule has 7 rings (SSSR count). The third-order valence-corrected chi connectivity index (χ3v) is 8.61. The maximum Gasteiger partial charge on any atom is 0.286 e. The van der Waals surface area contributed by atoms with Crippen molar-refractivity contribution in [3.05, 3.63) is 30.0 Å². The second-order valence-electron chi connectivity index (χ2n) is 11.0. The van der Waals surface area contributed by atoms with Crippen molar-refractivity contribution in [2.24, 2.45) is 10.4 Å². The van der Waals surface area contributed by atoms with Gasteiger partial charge < -0.3 is 14.8 Å². The van der Waals surface area contributed by atoms with E-state index in [9.17, 15) is 8.78 Å². The highest BCUT2D eigenvalue weighted by Gasteiger charge is 2.60. The number of ether oxygens (including phenoxy) is 2. The van der Waals surface area contributed by atoms with E-state index in [0.29, 0.717) is 23.6 Å². The number of hydrogen-bond donors (Lipinski definition) is 1. The van der Waals surface area contributed by atoms with Gasteiger partial charge in [0.25, 0.3) is 6.43 Å². The molecule has 3 fully saturated rings. The molecule has 3 aliphatic heterocycles. The summed E-state index contributed by atoms with van der Waals surface area (Å²) in [5.74, 6) is -0.921. The van der Waals surface area contributed by atoms with E-state index in [-0.39, 0.29) is 44.8 Å². The quantitative estimate of drug-likeness (QED) is 0.283. The summed E-state index contributed by atoms with van der Waals surface area (Å²) >= 11 is 0. The zero-order valence-electron chi connectivity index (χ0n) is 20.8. The topological polar surface area (TPSA) is 73.0 Å². The summed E-state index contributed by atoms with van der Waals surface area (Å²) in [6.45, 7) is 1.58. The third kappa shape index (κ3) is 3.60. The number of aliphatic imine (C=N–C) groups is 1. The summed E-state index contributed by atoms with van der Waals surface area (Å²) in [6.07, 6.45) is 4.18. The smallest absolute Gasteiger partial charge is 0.286 e. The number of anilines is 1. The van der Waals surface area contributed by atoms with Gasteiger partial charge in [0, 0.05) is 17.5 Å². The van der Waals surface area contributed by atoms with Crippen LogP contribution in [0.2, 0.25) is 0 Å². The minimum atomic E-state index is -2.57. The van der Waals surface area contributed by atoms with Gasteiger partial charge in [-0.3, -0.25) is 4.48 Å². The Morgan fingerprint density at radius 1 is 1.21 bits per heavy atom. The summed E-state index contributed by atoms with van der Waals surface area (Å²) in [4.78, 5) is 8.66. The molecule has 5 heterocycles. The summed E-state index contributed by atoms with van der Waals surface area (Å²) in [6, 6.07) is 2.67. The van der Waals surface area contributed by atoms with Crippen molar-refractivity contribution in [1.82, 2.24) is 19.1 Å². The molecule has 200 valence electrons. The highest BCUT2D eigenvalue weighted by atomic mass is 19.3. The molecule has 1 aromatic carbocycles. The average Bonchev–Trinajstić information content (AvgIpc) is 3.48. The highest BCUT2D eigenvalue weighted by Crippen LogP contribution is 2.51. The monoisotopic (exact) mass is 531 g/mol. The molecule has 1 N–H and O–H groups in total. The first kappa shape index (κ1) is 23.8. The van der Waals surface area contributed by atoms with Crippen LogP contribution in [0.3, 0.4) is 0 Å². The molecule has 12 heteroatoms. The number of nitrogens with zero attached hydrogens (tertiary/aromatic N) is 5. The zero-order valence-corrected chi connectivity index (χ0v) is 20.8. The maximum absolute atomic E-state index is 15.5. The summed E-state index contributed by atoms with van der Waals surface area (Å²) in [7, 11) is 1.42. The van der Waals surface area contributed by atoms with E-state index in [0.717, 1.165) is 38.9 Å². The van der Waals surface area contributed by atoms with Gasteiger partial charge in [-0.05, 0) is 37.3 Å². The molecule has 0 bridgehead atoms. The van der Waals surface area contributed by atoms with Crippen molar-refractivity contribution < 1.29 is 27.0 Å². The van der Waals surface area contributed by atoms with Crippen LogP contribution < -0.4 is 14.5 Å². The van der Waals surface area contributed by atoms with Crippen LogP contribution in [0.4, 0.5) is 34.9 Å². The largest absolute Gasteiger partial charge is 0.479 e. The van der Waals surface area contributed by atoms with E-state index in [1.807, 2.05) is 0 Å². The number of halogens is 4. The van der Waals surface area contributed by atoms with Crippen LogP contribution in [0, 0.1) is 17.0 Å². The fourth-order valence-electron chi connectivity index (χ4n) is 6.39. The molecule has 38 heavy (non-hydrogen) atoms. The molecule has 1 aliphatic carbocycles. The normalized spacial score (nSPS) is 25.4. The highest BCUT2D eigenvalue weighted by molar-refractivity contribution is 5.92. The van der Waals surface area contributed by atoms with Crippen LogP contribution in [0.5, 0.6) is 5.88 Å². The van der Waals surface area contributed by atoms with Crippen LogP contribution in [-0.2, 0) is 4.74 Å². The molecule has 1 spiro atoms. The van der Waals surface area contributed by atoms with E-state index in [1.165, 1.54) is 30.1 Å². The molecule has 2 atom stereocenters. The van der Waals surface area contributed by atoms with Gasteiger partial charge in [0.05, 0.1) is 38.3 Å².